The van der Waals surface area contributed by atoms with Crippen LogP contribution in [0, 0.1) is 0 Å². The molecule has 1 fully saturated rings. The van der Waals surface area contributed by atoms with Crippen molar-refractivity contribution in [3.8, 4) is 0 Å². The van der Waals surface area contributed by atoms with E-state index in [2.05, 4.69) is 50.3 Å². The van der Waals surface area contributed by atoms with Crippen LogP contribution in [-0.2, 0) is 32.7 Å². The zero-order valence-corrected chi connectivity index (χ0v) is 35.1. The first-order valence-corrected chi connectivity index (χ1v) is 22.8. The van der Waals surface area contributed by atoms with Gasteiger partial charge < -0.3 is 39.9 Å². The standard InChI is InChI=1S/C42H75O13P/c1-3-5-7-9-11-13-15-16-17-18-19-20-21-23-24-26-28-30-35(43)52-32-34(54-36(44)31-29-27-25-22-14-12-10-8-6-4-2)33-53-56(50,51)55-42-40(48)38(46)37(45)39(47)41(42)49/h11,13,16-17,19-20,34,37-42,45-49H,3-10,12,14-15,18,21-33H2,1-2H3,(H,50,51)/b13-11-,17-16-,20-19-/t34-,37?,38-,39?,40?,41?,42?/m1/s1. The summed E-state index contributed by atoms with van der Waals surface area (Å²) < 4.78 is 33.4. The minimum atomic E-state index is -5.11. The fraction of sp³-hybridized carbons (Fsp3) is 0.810. The molecule has 1 rings (SSSR count). The number of hydrogen-bond acceptors (Lipinski definition) is 12. The molecule has 56 heavy (non-hydrogen) atoms. The number of hydrogen-bond donors (Lipinski definition) is 6. The van der Waals surface area contributed by atoms with Gasteiger partial charge in [0.25, 0.3) is 0 Å². The van der Waals surface area contributed by atoms with E-state index in [1.165, 1.54) is 51.4 Å². The second kappa shape index (κ2) is 33.0. The summed E-state index contributed by atoms with van der Waals surface area (Å²) in [6.45, 7) is 3.21. The first-order chi connectivity index (χ1) is 26.9. The Kier molecular flexibility index (Phi) is 30.7. The monoisotopic (exact) mass is 818 g/mol. The summed E-state index contributed by atoms with van der Waals surface area (Å²) in [6, 6.07) is 0. The van der Waals surface area contributed by atoms with Crippen LogP contribution >= 0.6 is 7.82 Å². The summed E-state index contributed by atoms with van der Waals surface area (Å²) in [5.41, 5.74) is 0. The van der Waals surface area contributed by atoms with E-state index in [9.17, 15) is 44.6 Å². The number of unbranched alkanes of at least 4 members (excludes halogenated alkanes) is 16. The van der Waals surface area contributed by atoms with Crippen LogP contribution in [0.25, 0.3) is 0 Å². The molecule has 0 heterocycles. The van der Waals surface area contributed by atoms with Gasteiger partial charge in [0.1, 0.15) is 43.2 Å². The number of aliphatic hydroxyl groups excluding tert-OH is 5. The topological polar surface area (TPSA) is 210 Å². The van der Waals surface area contributed by atoms with Crippen molar-refractivity contribution in [3.63, 3.8) is 0 Å². The Balaban J connectivity index is 2.49. The SMILES string of the molecule is CCCCC/C=C\C/C=C\C/C=C\CCCCCCC(=O)OC[C@H](COP(=O)(O)OC1C(O)C(O)C(O)[C@@H](O)C1O)OC(=O)CCCCCCCCCCCC. The molecule has 0 radical (unpaired) electrons. The third-order valence-corrected chi connectivity index (χ3v) is 10.7. The molecule has 0 spiro atoms. The number of phosphoric ester groups is 1. The number of esters is 2. The molecule has 0 bridgehead atoms. The number of rotatable bonds is 34. The Morgan fingerprint density at radius 3 is 1.50 bits per heavy atom. The van der Waals surface area contributed by atoms with E-state index in [-0.39, 0.29) is 12.8 Å². The van der Waals surface area contributed by atoms with Crippen molar-refractivity contribution in [2.24, 2.45) is 0 Å². The van der Waals surface area contributed by atoms with Crippen molar-refractivity contribution >= 4 is 19.8 Å². The highest BCUT2D eigenvalue weighted by Crippen LogP contribution is 2.47. The molecule has 326 valence electrons. The van der Waals surface area contributed by atoms with Gasteiger partial charge in [-0.25, -0.2) is 4.57 Å². The van der Waals surface area contributed by atoms with Gasteiger partial charge in [0.2, 0.25) is 0 Å². The lowest BCUT2D eigenvalue weighted by Crippen LogP contribution is -2.64. The van der Waals surface area contributed by atoms with E-state index < -0.39 is 75.7 Å². The van der Waals surface area contributed by atoms with Gasteiger partial charge in [0.05, 0.1) is 6.61 Å². The second-order valence-electron chi connectivity index (χ2n) is 14.8. The van der Waals surface area contributed by atoms with E-state index in [1.54, 1.807) is 0 Å². The summed E-state index contributed by atoms with van der Waals surface area (Å²) in [4.78, 5) is 35.5. The number of phosphoric acid groups is 1. The van der Waals surface area contributed by atoms with Crippen LogP contribution in [0.2, 0.25) is 0 Å². The van der Waals surface area contributed by atoms with Gasteiger partial charge in [-0.15, -0.1) is 0 Å². The fourth-order valence-corrected chi connectivity index (χ4v) is 7.21. The maximum atomic E-state index is 12.8. The number of ether oxygens (including phenoxy) is 2. The van der Waals surface area contributed by atoms with E-state index in [0.717, 1.165) is 70.6 Å². The van der Waals surface area contributed by atoms with Gasteiger partial charge in [-0.1, -0.05) is 134 Å². The maximum absolute atomic E-state index is 12.8. The molecular formula is C42H75O13P. The number of aliphatic hydroxyl groups is 5. The number of carbonyl (C=O) groups excluding carboxylic acids is 2. The molecule has 0 aromatic carbocycles. The van der Waals surface area contributed by atoms with Gasteiger partial charge in [-0.05, 0) is 51.4 Å². The van der Waals surface area contributed by atoms with Gasteiger partial charge in [-0.3, -0.25) is 18.6 Å². The van der Waals surface area contributed by atoms with Crippen LogP contribution in [0.3, 0.4) is 0 Å². The lowest BCUT2D eigenvalue weighted by atomic mass is 9.85. The zero-order chi connectivity index (χ0) is 41.4. The number of carbonyl (C=O) groups is 2. The molecule has 6 N–H and O–H groups in total. The van der Waals surface area contributed by atoms with Crippen molar-refractivity contribution < 1.29 is 63.1 Å². The van der Waals surface area contributed by atoms with E-state index in [0.29, 0.717) is 12.8 Å². The highest BCUT2D eigenvalue weighted by atomic mass is 31.2. The normalized spacial score (nSPS) is 23.2. The zero-order valence-electron chi connectivity index (χ0n) is 34.2. The molecule has 0 saturated heterocycles. The van der Waals surface area contributed by atoms with Gasteiger partial charge in [0.15, 0.2) is 6.10 Å². The highest BCUT2D eigenvalue weighted by Gasteiger charge is 2.51. The quantitative estimate of drug-likeness (QED) is 0.0162. The maximum Gasteiger partial charge on any atom is 0.472 e. The molecule has 8 atom stereocenters. The summed E-state index contributed by atoms with van der Waals surface area (Å²) in [5, 5.41) is 50.0. The predicted molar refractivity (Wildman–Crippen MR) is 216 cm³/mol. The Morgan fingerprint density at radius 2 is 0.964 bits per heavy atom. The summed E-state index contributed by atoms with van der Waals surface area (Å²) >= 11 is 0. The molecule has 0 amide bonds. The lowest BCUT2D eigenvalue weighted by molar-refractivity contribution is -0.220. The first kappa shape index (κ1) is 52.1. The Labute approximate surface area is 336 Å². The molecule has 0 aromatic rings. The minimum Gasteiger partial charge on any atom is -0.462 e. The second-order valence-corrected chi connectivity index (χ2v) is 16.3. The molecular weight excluding hydrogens is 743 g/mol. The van der Waals surface area contributed by atoms with Crippen LogP contribution in [0.4, 0.5) is 0 Å². The van der Waals surface area contributed by atoms with Crippen LogP contribution in [0.15, 0.2) is 36.5 Å². The molecule has 0 aliphatic heterocycles. The van der Waals surface area contributed by atoms with E-state index in [1.807, 2.05) is 0 Å². The van der Waals surface area contributed by atoms with Crippen molar-refractivity contribution in [3.05, 3.63) is 36.5 Å². The molecule has 0 aromatic heterocycles. The minimum absolute atomic E-state index is 0.0928. The Bertz CT molecular complexity index is 1130. The highest BCUT2D eigenvalue weighted by molar-refractivity contribution is 7.47. The van der Waals surface area contributed by atoms with Gasteiger partial charge in [0, 0.05) is 12.8 Å². The van der Waals surface area contributed by atoms with E-state index in [4.69, 9.17) is 18.5 Å². The molecule has 1 aliphatic rings. The third kappa shape index (κ3) is 25.4. The summed E-state index contributed by atoms with van der Waals surface area (Å²) in [6.07, 6.45) is 22.1. The van der Waals surface area contributed by atoms with Crippen LogP contribution in [-0.4, -0.2) is 98.3 Å². The van der Waals surface area contributed by atoms with Gasteiger partial charge >= 0.3 is 19.8 Å². The molecule has 1 saturated carbocycles. The largest absolute Gasteiger partial charge is 0.472 e. The first-order valence-electron chi connectivity index (χ1n) is 21.3. The fourth-order valence-electron chi connectivity index (χ4n) is 6.23. The molecule has 14 heteroatoms. The van der Waals surface area contributed by atoms with Crippen LogP contribution < -0.4 is 0 Å². The Morgan fingerprint density at radius 1 is 0.554 bits per heavy atom. The Hall–Kier alpha value is -1.93. The van der Waals surface area contributed by atoms with Crippen molar-refractivity contribution in [1.29, 1.82) is 0 Å². The van der Waals surface area contributed by atoms with Crippen molar-refractivity contribution in [2.45, 2.75) is 204 Å². The number of allylic oxidation sites excluding steroid dienone is 6. The van der Waals surface area contributed by atoms with Crippen molar-refractivity contribution in [2.75, 3.05) is 13.2 Å². The van der Waals surface area contributed by atoms with Gasteiger partial charge in [-0.2, -0.15) is 0 Å². The molecule has 6 unspecified atom stereocenters. The average molecular weight is 819 g/mol. The predicted octanol–water partition coefficient (Wildman–Crippen LogP) is 7.44. The van der Waals surface area contributed by atoms with Crippen LogP contribution in [0.5, 0.6) is 0 Å². The molecule has 13 nitrogen and oxygen atoms in total. The summed E-state index contributed by atoms with van der Waals surface area (Å²) in [7, 11) is -5.11. The van der Waals surface area contributed by atoms with Crippen LogP contribution in [0.1, 0.15) is 162 Å². The van der Waals surface area contributed by atoms with Crippen molar-refractivity contribution in [1.82, 2.24) is 0 Å². The third-order valence-electron chi connectivity index (χ3n) is 9.73. The average Bonchev–Trinajstić information content (AvgIpc) is 3.18. The lowest BCUT2D eigenvalue weighted by Gasteiger charge is -2.41. The van der Waals surface area contributed by atoms with E-state index >= 15 is 0 Å². The summed E-state index contributed by atoms with van der Waals surface area (Å²) in [5.74, 6) is -1.13. The molecule has 1 aliphatic carbocycles. The smallest absolute Gasteiger partial charge is 0.462 e.